The molecule has 4 nitrogen and oxygen atoms in total. The van der Waals surface area contributed by atoms with Crippen LogP contribution in [0.2, 0.25) is 0 Å². The summed E-state index contributed by atoms with van der Waals surface area (Å²) < 4.78 is 0. The van der Waals surface area contributed by atoms with Crippen molar-refractivity contribution in [2.24, 2.45) is 5.41 Å². The van der Waals surface area contributed by atoms with Gasteiger partial charge in [-0.3, -0.25) is 4.79 Å². The van der Waals surface area contributed by atoms with E-state index in [0.717, 1.165) is 34.6 Å². The van der Waals surface area contributed by atoms with Crippen molar-refractivity contribution >= 4 is 17.2 Å². The standard InChI is InChI=1S/C23H26N2O2/c1-13-9-16-17(10-14(13)2)25-22(15-7-5-6-8-19(15)26)21-18(24-16)11-23(3,4)12-20(21)27/h5-10,22,24-26H,11-12H2,1-4H3/t22-/m0/s1. The van der Waals surface area contributed by atoms with Crippen molar-refractivity contribution in [3.05, 3.63) is 64.4 Å². The van der Waals surface area contributed by atoms with Gasteiger partial charge in [-0.2, -0.15) is 0 Å². The Balaban J connectivity index is 1.93. The fourth-order valence-electron chi connectivity index (χ4n) is 4.18. The molecule has 3 N–H and O–H groups in total. The second-order valence-electron chi connectivity index (χ2n) is 8.58. The number of ketones is 1. The average Bonchev–Trinajstić information content (AvgIpc) is 2.71. The maximum atomic E-state index is 13.2. The second kappa shape index (κ2) is 6.15. The Morgan fingerprint density at radius 3 is 2.41 bits per heavy atom. The Labute approximate surface area is 160 Å². The van der Waals surface area contributed by atoms with E-state index in [-0.39, 0.29) is 23.0 Å². The molecule has 0 radical (unpaired) electrons. The van der Waals surface area contributed by atoms with Crippen LogP contribution in [0.3, 0.4) is 0 Å². The largest absolute Gasteiger partial charge is 0.508 e. The van der Waals surface area contributed by atoms with Gasteiger partial charge in [0.25, 0.3) is 0 Å². The van der Waals surface area contributed by atoms with Gasteiger partial charge in [0, 0.05) is 23.3 Å². The molecule has 0 fully saturated rings. The van der Waals surface area contributed by atoms with Crippen molar-refractivity contribution in [2.45, 2.75) is 46.6 Å². The number of rotatable bonds is 1. The summed E-state index contributed by atoms with van der Waals surface area (Å²) in [5.41, 5.74) is 6.65. The van der Waals surface area contributed by atoms with Crippen LogP contribution in [0.5, 0.6) is 5.75 Å². The van der Waals surface area contributed by atoms with Crippen molar-refractivity contribution < 1.29 is 9.90 Å². The lowest BCUT2D eigenvalue weighted by molar-refractivity contribution is -0.118. The monoisotopic (exact) mass is 362 g/mol. The first-order valence-electron chi connectivity index (χ1n) is 9.44. The number of para-hydroxylation sites is 1. The first kappa shape index (κ1) is 17.7. The van der Waals surface area contributed by atoms with Gasteiger partial charge >= 0.3 is 0 Å². The lowest BCUT2D eigenvalue weighted by Gasteiger charge is -2.34. The predicted octanol–water partition coefficient (Wildman–Crippen LogP) is 5.23. The number of carbonyl (C=O) groups is 1. The van der Waals surface area contributed by atoms with Gasteiger partial charge in [0.15, 0.2) is 5.78 Å². The molecule has 140 valence electrons. The molecular weight excluding hydrogens is 336 g/mol. The number of Topliss-reactive ketones (excluding diaryl/α,β-unsaturated/α-hetero) is 1. The SMILES string of the molecule is Cc1cc2c(cc1C)N[C@@H](c1ccccc1O)C1=C(CC(C)(C)CC1=O)N2. The zero-order valence-corrected chi connectivity index (χ0v) is 16.3. The van der Waals surface area contributed by atoms with Crippen LogP contribution in [0.1, 0.15) is 49.4 Å². The fraction of sp³-hybridized carbons (Fsp3) is 0.348. The molecule has 0 saturated carbocycles. The first-order chi connectivity index (χ1) is 12.7. The van der Waals surface area contributed by atoms with Crippen molar-refractivity contribution in [3.63, 3.8) is 0 Å². The average molecular weight is 362 g/mol. The molecule has 1 heterocycles. The summed E-state index contributed by atoms with van der Waals surface area (Å²) in [4.78, 5) is 13.2. The summed E-state index contributed by atoms with van der Waals surface area (Å²) in [6.07, 6.45) is 1.31. The van der Waals surface area contributed by atoms with E-state index < -0.39 is 0 Å². The Kier molecular flexibility index (Phi) is 4.02. The number of aryl methyl sites for hydroxylation is 2. The normalized spacial score (nSPS) is 20.9. The molecule has 0 bridgehead atoms. The van der Waals surface area contributed by atoms with Gasteiger partial charge in [-0.15, -0.1) is 0 Å². The van der Waals surface area contributed by atoms with Gasteiger partial charge in [-0.05, 0) is 55.0 Å². The number of nitrogens with one attached hydrogen (secondary N) is 2. The smallest absolute Gasteiger partial charge is 0.163 e. The van der Waals surface area contributed by atoms with Crippen molar-refractivity contribution in [3.8, 4) is 5.75 Å². The zero-order chi connectivity index (χ0) is 19.3. The van der Waals surface area contributed by atoms with E-state index in [1.807, 2.05) is 12.1 Å². The highest BCUT2D eigenvalue weighted by atomic mass is 16.3. The number of phenolic OH excluding ortho intramolecular Hbond substituents is 1. The van der Waals surface area contributed by atoms with Gasteiger partial charge < -0.3 is 15.7 Å². The van der Waals surface area contributed by atoms with Crippen molar-refractivity contribution in [1.82, 2.24) is 0 Å². The van der Waals surface area contributed by atoms with Gasteiger partial charge in [0.05, 0.1) is 17.4 Å². The molecule has 0 spiro atoms. The van der Waals surface area contributed by atoms with E-state index in [1.165, 1.54) is 11.1 Å². The maximum absolute atomic E-state index is 13.2. The lowest BCUT2D eigenvalue weighted by atomic mass is 9.73. The number of hydrogen-bond acceptors (Lipinski definition) is 4. The van der Waals surface area contributed by atoms with Crippen LogP contribution in [-0.2, 0) is 4.79 Å². The van der Waals surface area contributed by atoms with Crippen LogP contribution in [0.15, 0.2) is 47.7 Å². The third-order valence-electron chi connectivity index (χ3n) is 5.68. The molecule has 0 aromatic heterocycles. The number of carbonyl (C=O) groups excluding carboxylic acids is 1. The molecule has 0 amide bonds. The molecule has 4 rings (SSSR count). The Morgan fingerprint density at radius 1 is 1.04 bits per heavy atom. The Hall–Kier alpha value is -2.75. The summed E-state index contributed by atoms with van der Waals surface area (Å²) in [6.45, 7) is 8.43. The first-order valence-corrected chi connectivity index (χ1v) is 9.44. The molecule has 2 aromatic rings. The van der Waals surface area contributed by atoms with Crippen LogP contribution >= 0.6 is 0 Å². The molecule has 0 saturated heterocycles. The molecule has 4 heteroatoms. The number of fused-ring (bicyclic) bond motifs is 1. The van der Waals surface area contributed by atoms with Crippen LogP contribution in [0, 0.1) is 19.3 Å². The summed E-state index contributed by atoms with van der Waals surface area (Å²) in [5, 5.41) is 17.6. The van der Waals surface area contributed by atoms with Crippen LogP contribution in [-0.4, -0.2) is 10.9 Å². The van der Waals surface area contributed by atoms with Gasteiger partial charge in [-0.25, -0.2) is 0 Å². The number of benzene rings is 2. The second-order valence-corrected chi connectivity index (χ2v) is 8.58. The number of hydrogen-bond donors (Lipinski definition) is 3. The molecule has 1 aliphatic heterocycles. The topological polar surface area (TPSA) is 61.4 Å². The zero-order valence-electron chi connectivity index (χ0n) is 16.3. The van der Waals surface area contributed by atoms with Gasteiger partial charge in [-0.1, -0.05) is 32.0 Å². The third kappa shape index (κ3) is 3.09. The van der Waals surface area contributed by atoms with E-state index in [2.05, 4.69) is 50.5 Å². The van der Waals surface area contributed by atoms with E-state index in [4.69, 9.17) is 0 Å². The molecule has 2 aromatic carbocycles. The van der Waals surface area contributed by atoms with Crippen LogP contribution < -0.4 is 10.6 Å². The van der Waals surface area contributed by atoms with Crippen LogP contribution in [0.25, 0.3) is 0 Å². The number of allylic oxidation sites excluding steroid dienone is 1. The maximum Gasteiger partial charge on any atom is 0.163 e. The minimum atomic E-state index is -0.374. The number of aromatic hydroxyl groups is 1. The molecule has 1 atom stereocenters. The number of phenols is 1. The number of anilines is 2. The molecule has 27 heavy (non-hydrogen) atoms. The lowest BCUT2D eigenvalue weighted by Crippen LogP contribution is -2.31. The third-order valence-corrected chi connectivity index (χ3v) is 5.68. The molecule has 2 aliphatic rings. The van der Waals surface area contributed by atoms with Crippen LogP contribution in [0.4, 0.5) is 11.4 Å². The van der Waals surface area contributed by atoms with E-state index >= 15 is 0 Å². The molecule has 1 aliphatic carbocycles. The summed E-state index contributed by atoms with van der Waals surface area (Å²) >= 11 is 0. The fourth-order valence-corrected chi connectivity index (χ4v) is 4.18. The van der Waals surface area contributed by atoms with E-state index in [0.29, 0.717) is 6.42 Å². The molecule has 0 unspecified atom stereocenters. The van der Waals surface area contributed by atoms with E-state index in [1.54, 1.807) is 12.1 Å². The van der Waals surface area contributed by atoms with Gasteiger partial charge in [0.1, 0.15) is 5.75 Å². The summed E-state index contributed by atoms with van der Waals surface area (Å²) in [5.74, 6) is 0.336. The van der Waals surface area contributed by atoms with Gasteiger partial charge in [0.2, 0.25) is 0 Å². The van der Waals surface area contributed by atoms with Crippen molar-refractivity contribution in [1.29, 1.82) is 0 Å². The minimum absolute atomic E-state index is 0.0869. The predicted molar refractivity (Wildman–Crippen MR) is 109 cm³/mol. The van der Waals surface area contributed by atoms with Crippen molar-refractivity contribution in [2.75, 3.05) is 10.6 Å². The van der Waals surface area contributed by atoms with E-state index in [9.17, 15) is 9.90 Å². The summed E-state index contributed by atoms with van der Waals surface area (Å²) in [6, 6.07) is 11.1. The highest BCUT2D eigenvalue weighted by Crippen LogP contribution is 2.47. The Morgan fingerprint density at radius 2 is 1.70 bits per heavy atom. The quantitative estimate of drug-likeness (QED) is 0.650. The summed E-state index contributed by atoms with van der Waals surface area (Å²) in [7, 11) is 0. The Bertz CT molecular complexity index is 972. The highest BCUT2D eigenvalue weighted by molar-refractivity contribution is 6.01. The highest BCUT2D eigenvalue weighted by Gasteiger charge is 2.39. The minimum Gasteiger partial charge on any atom is -0.508 e. The molecular formula is C23H26N2O2.